The highest BCUT2D eigenvalue weighted by atomic mass is 35.5. The number of rotatable bonds is 6. The number of benzene rings is 2. The smallest absolute Gasteiger partial charge is 0.291 e. The zero-order valence-corrected chi connectivity index (χ0v) is 15.7. The van der Waals surface area contributed by atoms with Gasteiger partial charge in [0.25, 0.3) is 4.84 Å². The van der Waals surface area contributed by atoms with Crippen LogP contribution < -0.4 is 4.74 Å². The first kappa shape index (κ1) is 17.7. The van der Waals surface area contributed by atoms with Crippen LogP contribution in [-0.4, -0.2) is 15.9 Å². The normalized spacial score (nSPS) is 12.1. The lowest BCUT2D eigenvalue weighted by molar-refractivity contribution is 0.217. The van der Waals surface area contributed by atoms with E-state index in [1.54, 1.807) is 10.7 Å². The number of aromatic nitrogens is 2. The van der Waals surface area contributed by atoms with Crippen molar-refractivity contribution in [3.8, 4) is 11.4 Å². The number of hydrogen-bond donors (Lipinski definition) is 0. The van der Waals surface area contributed by atoms with Crippen LogP contribution >= 0.6 is 23.8 Å². The van der Waals surface area contributed by atoms with Gasteiger partial charge < -0.3 is 9.15 Å². The van der Waals surface area contributed by atoms with Crippen molar-refractivity contribution in [2.24, 2.45) is 0 Å². The predicted molar refractivity (Wildman–Crippen MR) is 101 cm³/mol. The molecular formula is C19H19ClN2O2S. The molecule has 0 radical (unpaired) electrons. The van der Waals surface area contributed by atoms with Crippen LogP contribution in [0.5, 0.6) is 5.75 Å². The highest BCUT2D eigenvalue weighted by Crippen LogP contribution is 2.21. The van der Waals surface area contributed by atoms with E-state index in [0.717, 1.165) is 17.7 Å². The van der Waals surface area contributed by atoms with Crippen molar-refractivity contribution in [2.75, 3.05) is 0 Å². The lowest BCUT2D eigenvalue weighted by Gasteiger charge is -2.12. The Morgan fingerprint density at radius 1 is 1.20 bits per heavy atom. The predicted octanol–water partition coefficient (Wildman–Crippen LogP) is 5.62. The van der Waals surface area contributed by atoms with Gasteiger partial charge in [-0.05, 0) is 55.4 Å². The molecule has 0 aliphatic heterocycles. The van der Waals surface area contributed by atoms with E-state index < -0.39 is 0 Å². The third-order valence-corrected chi connectivity index (χ3v) is 4.44. The van der Waals surface area contributed by atoms with Gasteiger partial charge in [-0.1, -0.05) is 42.8 Å². The molecule has 1 aromatic heterocycles. The van der Waals surface area contributed by atoms with Crippen molar-refractivity contribution in [2.45, 2.75) is 32.8 Å². The standard InChI is InChI=1S/C19H19ClN2O2S/c1-3-13(2)23-15-10-8-14(9-11-15)12-18-21-22(19(25)24-18)17-7-5-4-6-16(17)20/h4-11,13H,3,12H2,1-2H3. The highest BCUT2D eigenvalue weighted by molar-refractivity contribution is 7.71. The molecule has 0 bridgehead atoms. The summed E-state index contributed by atoms with van der Waals surface area (Å²) in [5, 5.41) is 5.02. The van der Waals surface area contributed by atoms with E-state index in [1.807, 2.05) is 42.5 Å². The first-order valence-corrected chi connectivity index (χ1v) is 8.95. The molecule has 1 heterocycles. The third-order valence-electron chi connectivity index (χ3n) is 3.86. The second-order valence-corrected chi connectivity index (χ2v) is 6.54. The molecule has 3 aromatic rings. The maximum Gasteiger partial charge on any atom is 0.291 e. The quantitative estimate of drug-likeness (QED) is 0.525. The number of para-hydroxylation sites is 1. The maximum atomic E-state index is 6.21. The lowest BCUT2D eigenvalue weighted by Crippen LogP contribution is -2.09. The highest BCUT2D eigenvalue weighted by Gasteiger charge is 2.11. The van der Waals surface area contributed by atoms with Crippen molar-refractivity contribution in [3.63, 3.8) is 0 Å². The second-order valence-electron chi connectivity index (χ2n) is 5.78. The van der Waals surface area contributed by atoms with Gasteiger partial charge in [0.1, 0.15) is 5.75 Å². The zero-order chi connectivity index (χ0) is 17.8. The number of hydrogen-bond acceptors (Lipinski definition) is 4. The summed E-state index contributed by atoms with van der Waals surface area (Å²) in [5.74, 6) is 1.40. The van der Waals surface area contributed by atoms with Crippen LogP contribution in [0.15, 0.2) is 52.9 Å². The van der Waals surface area contributed by atoms with Gasteiger partial charge in [0, 0.05) is 0 Å². The summed E-state index contributed by atoms with van der Waals surface area (Å²) in [7, 11) is 0. The molecule has 4 nitrogen and oxygen atoms in total. The van der Waals surface area contributed by atoms with E-state index in [9.17, 15) is 0 Å². The summed E-state index contributed by atoms with van der Waals surface area (Å²) in [6.45, 7) is 4.15. The second kappa shape index (κ2) is 7.85. The minimum Gasteiger partial charge on any atom is -0.491 e. The fourth-order valence-corrected chi connectivity index (χ4v) is 2.79. The zero-order valence-electron chi connectivity index (χ0n) is 14.1. The van der Waals surface area contributed by atoms with E-state index >= 15 is 0 Å². The topological polar surface area (TPSA) is 40.2 Å². The van der Waals surface area contributed by atoms with E-state index in [0.29, 0.717) is 23.0 Å². The average molecular weight is 375 g/mol. The van der Waals surface area contributed by atoms with Crippen molar-refractivity contribution in [3.05, 3.63) is 69.8 Å². The summed E-state index contributed by atoms with van der Waals surface area (Å²) in [6, 6.07) is 15.3. The van der Waals surface area contributed by atoms with Crippen molar-refractivity contribution in [1.82, 2.24) is 9.78 Å². The summed E-state index contributed by atoms with van der Waals surface area (Å²) in [4.78, 5) is 0.278. The van der Waals surface area contributed by atoms with Gasteiger partial charge >= 0.3 is 0 Å². The van der Waals surface area contributed by atoms with Gasteiger partial charge in [-0.2, -0.15) is 4.68 Å². The van der Waals surface area contributed by atoms with Crippen LogP contribution in [0.3, 0.4) is 0 Å². The van der Waals surface area contributed by atoms with Gasteiger partial charge in [0.2, 0.25) is 5.89 Å². The Morgan fingerprint density at radius 2 is 1.92 bits per heavy atom. The fraction of sp³-hybridized carbons (Fsp3) is 0.263. The van der Waals surface area contributed by atoms with Crippen LogP contribution in [0.2, 0.25) is 5.02 Å². The molecule has 6 heteroatoms. The van der Waals surface area contributed by atoms with Crippen molar-refractivity contribution >= 4 is 23.8 Å². The van der Waals surface area contributed by atoms with E-state index in [2.05, 4.69) is 18.9 Å². The molecule has 0 spiro atoms. The van der Waals surface area contributed by atoms with Gasteiger partial charge in [-0.15, -0.1) is 5.10 Å². The van der Waals surface area contributed by atoms with Crippen LogP contribution in [0, 0.1) is 4.84 Å². The van der Waals surface area contributed by atoms with Gasteiger partial charge in [0.15, 0.2) is 0 Å². The SMILES string of the molecule is CCC(C)Oc1ccc(Cc2nn(-c3ccccc3Cl)c(=S)o2)cc1. The summed E-state index contributed by atoms with van der Waals surface area (Å²) in [6.07, 6.45) is 1.72. The number of ether oxygens (including phenoxy) is 1. The first-order chi connectivity index (χ1) is 12.1. The molecule has 0 aliphatic carbocycles. The van der Waals surface area contributed by atoms with Gasteiger partial charge in [-0.3, -0.25) is 0 Å². The summed E-state index contributed by atoms with van der Waals surface area (Å²) in [5.41, 5.74) is 1.78. The molecule has 3 rings (SSSR count). The molecule has 0 saturated carbocycles. The molecule has 0 aliphatic rings. The van der Waals surface area contributed by atoms with Crippen LogP contribution in [0.25, 0.3) is 5.69 Å². The Hall–Kier alpha value is -2.11. The van der Waals surface area contributed by atoms with E-state index in [4.69, 9.17) is 33.0 Å². The van der Waals surface area contributed by atoms with Crippen LogP contribution in [-0.2, 0) is 6.42 Å². The Morgan fingerprint density at radius 3 is 2.60 bits per heavy atom. The third kappa shape index (κ3) is 4.30. The van der Waals surface area contributed by atoms with Crippen LogP contribution in [0.1, 0.15) is 31.7 Å². The van der Waals surface area contributed by atoms with Gasteiger partial charge in [-0.25, -0.2) is 0 Å². The average Bonchev–Trinajstić information content (AvgIpc) is 2.97. The summed E-state index contributed by atoms with van der Waals surface area (Å²) >= 11 is 11.5. The molecule has 2 aromatic carbocycles. The Kier molecular flexibility index (Phi) is 5.56. The molecule has 130 valence electrons. The summed E-state index contributed by atoms with van der Waals surface area (Å²) < 4.78 is 13.0. The molecular weight excluding hydrogens is 356 g/mol. The van der Waals surface area contributed by atoms with Crippen molar-refractivity contribution < 1.29 is 9.15 Å². The van der Waals surface area contributed by atoms with Crippen LogP contribution in [0.4, 0.5) is 0 Å². The number of halogens is 1. The van der Waals surface area contributed by atoms with E-state index in [-0.39, 0.29) is 10.9 Å². The molecule has 0 fully saturated rings. The number of nitrogens with zero attached hydrogens (tertiary/aromatic N) is 2. The lowest BCUT2D eigenvalue weighted by atomic mass is 10.1. The molecule has 0 saturated heterocycles. The fourth-order valence-electron chi connectivity index (χ4n) is 2.34. The van der Waals surface area contributed by atoms with Gasteiger partial charge in [0.05, 0.1) is 23.2 Å². The molecule has 0 N–H and O–H groups in total. The molecule has 1 atom stereocenters. The van der Waals surface area contributed by atoms with Crippen molar-refractivity contribution in [1.29, 1.82) is 0 Å². The Bertz CT molecular complexity index is 902. The van der Waals surface area contributed by atoms with E-state index in [1.165, 1.54) is 0 Å². The molecule has 25 heavy (non-hydrogen) atoms. The molecule has 0 amide bonds. The minimum atomic E-state index is 0.204. The Balaban J connectivity index is 1.77. The monoisotopic (exact) mass is 374 g/mol. The largest absolute Gasteiger partial charge is 0.491 e. The maximum absolute atomic E-state index is 6.21. The minimum absolute atomic E-state index is 0.204. The molecule has 1 unspecified atom stereocenters. The first-order valence-electron chi connectivity index (χ1n) is 8.16. The Labute approximate surface area is 157 Å².